The van der Waals surface area contributed by atoms with Crippen molar-refractivity contribution in [1.82, 2.24) is 4.90 Å². The van der Waals surface area contributed by atoms with Crippen LogP contribution in [0.15, 0.2) is 42.5 Å². The monoisotopic (exact) mass is 340 g/mol. The predicted molar refractivity (Wildman–Crippen MR) is 99.1 cm³/mol. The second-order valence-electron chi connectivity index (χ2n) is 6.25. The number of hydrogen-bond donors (Lipinski definition) is 1. The first-order valence-corrected chi connectivity index (χ1v) is 8.18. The molecule has 0 atom stereocenters. The highest BCUT2D eigenvalue weighted by Crippen LogP contribution is 2.17. The molecule has 0 saturated carbocycles. The van der Waals surface area contributed by atoms with Crippen LogP contribution in [0.2, 0.25) is 0 Å². The molecule has 0 aromatic heterocycles. The zero-order chi connectivity index (χ0) is 18.4. The Hall–Kier alpha value is -2.82. The van der Waals surface area contributed by atoms with Crippen LogP contribution in [0.1, 0.15) is 27.9 Å². The summed E-state index contributed by atoms with van der Waals surface area (Å²) in [6.07, 6.45) is 0.235. The van der Waals surface area contributed by atoms with E-state index in [1.807, 2.05) is 26.0 Å². The van der Waals surface area contributed by atoms with E-state index in [9.17, 15) is 9.59 Å². The fraction of sp³-hybridized carbons (Fsp3) is 0.300. The highest BCUT2D eigenvalue weighted by atomic mass is 16.5. The molecule has 0 fully saturated rings. The third kappa shape index (κ3) is 5.64. The number of carbonyl (C=O) groups excluding carboxylic acids is 2. The van der Waals surface area contributed by atoms with Gasteiger partial charge in [-0.05, 0) is 55.3 Å². The second-order valence-corrected chi connectivity index (χ2v) is 6.25. The SMILES string of the molecule is Cc1cc(C)cc(OCCC(=O)Nc2cccc(C(=O)N(C)C)c2)c1. The van der Waals surface area contributed by atoms with Crippen molar-refractivity contribution in [2.75, 3.05) is 26.0 Å². The van der Waals surface area contributed by atoms with Crippen molar-refractivity contribution in [3.05, 3.63) is 59.2 Å². The number of ether oxygens (including phenoxy) is 1. The smallest absolute Gasteiger partial charge is 0.253 e. The number of anilines is 1. The molecule has 2 rings (SSSR count). The molecule has 5 nitrogen and oxygen atoms in total. The van der Waals surface area contributed by atoms with Crippen LogP contribution in [-0.2, 0) is 4.79 Å². The Morgan fingerprint density at radius 1 is 1.04 bits per heavy atom. The van der Waals surface area contributed by atoms with Crippen LogP contribution >= 0.6 is 0 Å². The highest BCUT2D eigenvalue weighted by molar-refractivity contribution is 5.97. The summed E-state index contributed by atoms with van der Waals surface area (Å²) in [7, 11) is 3.38. The number of aryl methyl sites for hydroxylation is 2. The van der Waals surface area contributed by atoms with Crippen molar-refractivity contribution in [2.24, 2.45) is 0 Å². The Morgan fingerprint density at radius 2 is 1.72 bits per heavy atom. The molecule has 0 heterocycles. The number of hydrogen-bond acceptors (Lipinski definition) is 3. The van der Waals surface area contributed by atoms with Crippen LogP contribution in [0.4, 0.5) is 5.69 Å². The van der Waals surface area contributed by atoms with Crippen LogP contribution in [0.5, 0.6) is 5.75 Å². The van der Waals surface area contributed by atoms with E-state index >= 15 is 0 Å². The molecule has 2 aromatic rings. The maximum absolute atomic E-state index is 12.1. The van der Waals surface area contributed by atoms with Gasteiger partial charge in [0.25, 0.3) is 5.91 Å². The third-order valence-corrected chi connectivity index (χ3v) is 3.59. The van der Waals surface area contributed by atoms with E-state index in [-0.39, 0.29) is 18.2 Å². The Bertz CT molecular complexity index is 749. The topological polar surface area (TPSA) is 58.6 Å². The van der Waals surface area contributed by atoms with E-state index in [0.717, 1.165) is 16.9 Å². The van der Waals surface area contributed by atoms with Gasteiger partial charge < -0.3 is 15.0 Å². The van der Waals surface area contributed by atoms with Gasteiger partial charge in [0.15, 0.2) is 0 Å². The molecule has 0 aliphatic rings. The van der Waals surface area contributed by atoms with Crippen molar-refractivity contribution < 1.29 is 14.3 Å². The molecule has 0 spiro atoms. The first kappa shape index (κ1) is 18.5. The Morgan fingerprint density at radius 3 is 2.36 bits per heavy atom. The highest BCUT2D eigenvalue weighted by Gasteiger charge is 2.09. The van der Waals surface area contributed by atoms with Crippen molar-refractivity contribution in [3.8, 4) is 5.75 Å². The number of benzene rings is 2. The molecular formula is C20H24N2O3. The molecule has 25 heavy (non-hydrogen) atoms. The van der Waals surface area contributed by atoms with Crippen molar-refractivity contribution in [1.29, 1.82) is 0 Å². The summed E-state index contributed by atoms with van der Waals surface area (Å²) in [5, 5.41) is 2.80. The minimum atomic E-state index is -0.154. The fourth-order valence-electron chi connectivity index (χ4n) is 2.49. The standard InChI is InChI=1S/C20H24N2O3/c1-14-10-15(2)12-18(11-14)25-9-8-19(23)21-17-7-5-6-16(13-17)20(24)22(3)4/h5-7,10-13H,8-9H2,1-4H3,(H,21,23). The van der Waals surface area contributed by atoms with Gasteiger partial charge in [0.05, 0.1) is 13.0 Å². The lowest BCUT2D eigenvalue weighted by Crippen LogP contribution is -2.22. The van der Waals surface area contributed by atoms with Gasteiger partial charge in [-0.1, -0.05) is 12.1 Å². The summed E-state index contributed by atoms with van der Waals surface area (Å²) < 4.78 is 5.65. The first-order chi connectivity index (χ1) is 11.8. The van der Waals surface area contributed by atoms with Gasteiger partial charge in [0.2, 0.25) is 5.91 Å². The molecule has 0 aliphatic heterocycles. The summed E-state index contributed by atoms with van der Waals surface area (Å²) >= 11 is 0. The van der Waals surface area contributed by atoms with E-state index in [4.69, 9.17) is 4.74 Å². The fourth-order valence-corrected chi connectivity index (χ4v) is 2.49. The minimum absolute atomic E-state index is 0.103. The zero-order valence-electron chi connectivity index (χ0n) is 15.1. The van der Waals surface area contributed by atoms with Crippen molar-refractivity contribution >= 4 is 17.5 Å². The molecule has 2 amide bonds. The lowest BCUT2D eigenvalue weighted by atomic mass is 10.1. The molecule has 132 valence electrons. The van der Waals surface area contributed by atoms with Gasteiger partial charge in [-0.3, -0.25) is 9.59 Å². The minimum Gasteiger partial charge on any atom is -0.493 e. The molecule has 0 bridgehead atoms. The maximum Gasteiger partial charge on any atom is 0.253 e. The number of nitrogens with one attached hydrogen (secondary N) is 1. The Balaban J connectivity index is 1.88. The summed E-state index contributed by atoms with van der Waals surface area (Å²) in [6, 6.07) is 12.9. The Kier molecular flexibility index (Phi) is 6.17. The van der Waals surface area contributed by atoms with E-state index in [1.165, 1.54) is 4.90 Å². The van der Waals surface area contributed by atoms with E-state index in [2.05, 4.69) is 11.4 Å². The van der Waals surface area contributed by atoms with Gasteiger partial charge in [-0.25, -0.2) is 0 Å². The lowest BCUT2D eigenvalue weighted by Gasteiger charge is -2.12. The quantitative estimate of drug-likeness (QED) is 0.877. The molecule has 0 aliphatic carbocycles. The molecule has 5 heteroatoms. The van der Waals surface area contributed by atoms with Gasteiger partial charge in [0.1, 0.15) is 5.75 Å². The molecule has 0 radical (unpaired) electrons. The first-order valence-electron chi connectivity index (χ1n) is 8.18. The molecule has 1 N–H and O–H groups in total. The summed E-state index contributed by atoms with van der Waals surface area (Å²) in [5.74, 6) is 0.511. The lowest BCUT2D eigenvalue weighted by molar-refractivity contribution is -0.116. The van der Waals surface area contributed by atoms with Crippen LogP contribution in [0.3, 0.4) is 0 Å². The Labute approximate surface area is 148 Å². The van der Waals surface area contributed by atoms with E-state index in [0.29, 0.717) is 17.9 Å². The average Bonchev–Trinajstić information content (AvgIpc) is 2.53. The van der Waals surface area contributed by atoms with Crippen molar-refractivity contribution in [3.63, 3.8) is 0 Å². The van der Waals surface area contributed by atoms with Crippen LogP contribution in [0.25, 0.3) is 0 Å². The predicted octanol–water partition coefficient (Wildman–Crippen LogP) is 3.41. The summed E-state index contributed by atoms with van der Waals surface area (Å²) in [6.45, 7) is 4.31. The normalized spacial score (nSPS) is 10.2. The molecule has 0 unspecified atom stereocenters. The van der Waals surface area contributed by atoms with Gasteiger partial charge in [-0.2, -0.15) is 0 Å². The number of nitrogens with zero attached hydrogens (tertiary/aromatic N) is 1. The number of rotatable bonds is 6. The van der Waals surface area contributed by atoms with Crippen molar-refractivity contribution in [2.45, 2.75) is 20.3 Å². The van der Waals surface area contributed by atoms with E-state index in [1.54, 1.807) is 38.4 Å². The molecule has 0 saturated heterocycles. The average molecular weight is 340 g/mol. The molecule has 2 aromatic carbocycles. The second kappa shape index (κ2) is 8.33. The maximum atomic E-state index is 12.1. The summed E-state index contributed by atoms with van der Waals surface area (Å²) in [5.41, 5.74) is 3.39. The van der Waals surface area contributed by atoms with E-state index < -0.39 is 0 Å². The zero-order valence-corrected chi connectivity index (χ0v) is 15.1. The number of amides is 2. The number of carbonyl (C=O) groups is 2. The van der Waals surface area contributed by atoms with Crippen LogP contribution < -0.4 is 10.1 Å². The third-order valence-electron chi connectivity index (χ3n) is 3.59. The van der Waals surface area contributed by atoms with Crippen LogP contribution in [0, 0.1) is 13.8 Å². The molecular weight excluding hydrogens is 316 g/mol. The van der Waals surface area contributed by atoms with Gasteiger partial charge in [0, 0.05) is 25.3 Å². The largest absolute Gasteiger partial charge is 0.493 e. The summed E-state index contributed by atoms with van der Waals surface area (Å²) in [4.78, 5) is 25.5. The van der Waals surface area contributed by atoms with Crippen LogP contribution in [-0.4, -0.2) is 37.4 Å². The van der Waals surface area contributed by atoms with Gasteiger partial charge >= 0.3 is 0 Å². The van der Waals surface area contributed by atoms with Gasteiger partial charge in [-0.15, -0.1) is 0 Å².